The smallest absolute Gasteiger partial charge is 0.248 e. The molecule has 2 N–H and O–H groups in total. The van der Waals surface area contributed by atoms with Gasteiger partial charge in [0.05, 0.1) is 0 Å². The van der Waals surface area contributed by atoms with Crippen molar-refractivity contribution in [3.8, 4) is 0 Å². The number of primary amides is 1. The molecule has 0 saturated heterocycles. The first kappa shape index (κ1) is 16.4. The van der Waals surface area contributed by atoms with E-state index in [1.807, 2.05) is 23.9 Å². The number of hydrogen-bond acceptors (Lipinski definition) is 2. The average Bonchev–Trinajstić information content (AvgIpc) is 2.49. The Hall–Kier alpha value is -0.960. The molecule has 1 aliphatic carbocycles. The summed E-state index contributed by atoms with van der Waals surface area (Å²) in [4.78, 5) is 12.3. The number of amides is 1. The molecule has 0 unspecified atom stereocenters. The van der Waals surface area contributed by atoms with E-state index in [1.54, 1.807) is 6.07 Å². The second-order valence-corrected chi connectivity index (χ2v) is 7.53. The van der Waals surface area contributed by atoms with E-state index in [2.05, 4.69) is 13.0 Å². The lowest BCUT2D eigenvalue weighted by Crippen LogP contribution is -2.12. The van der Waals surface area contributed by atoms with Gasteiger partial charge in [0, 0.05) is 10.5 Å². The van der Waals surface area contributed by atoms with Crippen molar-refractivity contribution < 1.29 is 4.79 Å². The molecule has 3 heteroatoms. The molecule has 1 aromatic carbocycles. The van der Waals surface area contributed by atoms with Gasteiger partial charge in [-0.15, -0.1) is 11.8 Å². The molecule has 2 rings (SSSR count). The van der Waals surface area contributed by atoms with Crippen molar-refractivity contribution >= 4 is 17.7 Å². The van der Waals surface area contributed by atoms with Crippen molar-refractivity contribution in [3.05, 3.63) is 29.8 Å². The number of benzene rings is 1. The van der Waals surface area contributed by atoms with Gasteiger partial charge in [-0.2, -0.15) is 0 Å². The minimum atomic E-state index is -0.344. The summed E-state index contributed by atoms with van der Waals surface area (Å²) in [5.41, 5.74) is 5.91. The van der Waals surface area contributed by atoms with Gasteiger partial charge < -0.3 is 5.73 Å². The number of carbonyl (C=O) groups is 1. The number of unbranched alkanes of at least 4 members (excludes halogenated alkanes) is 1. The summed E-state index contributed by atoms with van der Waals surface area (Å²) >= 11 is 1.83. The summed E-state index contributed by atoms with van der Waals surface area (Å²) in [5, 5.41) is 0. The zero-order chi connectivity index (χ0) is 15.1. The number of carbonyl (C=O) groups excluding carboxylic acids is 1. The van der Waals surface area contributed by atoms with E-state index in [0.29, 0.717) is 5.56 Å². The van der Waals surface area contributed by atoms with Gasteiger partial charge in [0.1, 0.15) is 0 Å². The minimum Gasteiger partial charge on any atom is -0.366 e. The molecule has 0 atom stereocenters. The third-order valence-electron chi connectivity index (χ3n) is 4.53. The Kier molecular flexibility index (Phi) is 6.62. The predicted molar refractivity (Wildman–Crippen MR) is 90.7 cm³/mol. The van der Waals surface area contributed by atoms with Gasteiger partial charge >= 0.3 is 0 Å². The lowest BCUT2D eigenvalue weighted by Gasteiger charge is -2.25. The summed E-state index contributed by atoms with van der Waals surface area (Å²) in [5.74, 6) is 2.72. The third kappa shape index (κ3) is 5.74. The normalized spacial score (nSPS) is 22.1. The minimum absolute atomic E-state index is 0.344. The molecule has 1 aromatic rings. The number of nitrogens with two attached hydrogens (primary N) is 1. The van der Waals surface area contributed by atoms with Crippen molar-refractivity contribution in [3.63, 3.8) is 0 Å². The van der Waals surface area contributed by atoms with Crippen LogP contribution in [0.15, 0.2) is 29.2 Å². The van der Waals surface area contributed by atoms with Gasteiger partial charge in [0.25, 0.3) is 0 Å². The van der Waals surface area contributed by atoms with Gasteiger partial charge in [0.15, 0.2) is 0 Å². The lowest BCUT2D eigenvalue weighted by atomic mass is 9.81. The molecule has 116 valence electrons. The first-order valence-electron chi connectivity index (χ1n) is 8.18. The molecule has 1 aliphatic rings. The van der Waals surface area contributed by atoms with Crippen LogP contribution in [-0.4, -0.2) is 11.7 Å². The van der Waals surface area contributed by atoms with Crippen LogP contribution in [0.2, 0.25) is 0 Å². The Labute approximate surface area is 132 Å². The van der Waals surface area contributed by atoms with Crippen LogP contribution in [0.1, 0.15) is 62.2 Å². The Morgan fingerprint density at radius 3 is 2.71 bits per heavy atom. The highest BCUT2D eigenvalue weighted by Gasteiger charge is 2.17. The monoisotopic (exact) mass is 305 g/mol. The lowest BCUT2D eigenvalue weighted by molar-refractivity contribution is 0.1000. The maximum Gasteiger partial charge on any atom is 0.248 e. The van der Waals surface area contributed by atoms with E-state index in [0.717, 1.165) is 22.5 Å². The van der Waals surface area contributed by atoms with Crippen molar-refractivity contribution in [1.29, 1.82) is 0 Å². The largest absolute Gasteiger partial charge is 0.366 e. The third-order valence-corrected chi connectivity index (χ3v) is 5.61. The van der Waals surface area contributed by atoms with E-state index < -0.39 is 0 Å². The Balaban J connectivity index is 1.61. The van der Waals surface area contributed by atoms with Crippen LogP contribution < -0.4 is 5.73 Å². The van der Waals surface area contributed by atoms with Crippen LogP contribution in [-0.2, 0) is 0 Å². The van der Waals surface area contributed by atoms with Gasteiger partial charge in [-0.1, -0.05) is 51.5 Å². The zero-order valence-electron chi connectivity index (χ0n) is 13.0. The van der Waals surface area contributed by atoms with Crippen molar-refractivity contribution in [2.24, 2.45) is 17.6 Å². The molecule has 0 bridgehead atoms. The second kappa shape index (κ2) is 8.47. The first-order valence-corrected chi connectivity index (χ1v) is 9.16. The molecular weight excluding hydrogens is 278 g/mol. The molecule has 1 amide bonds. The standard InChI is InChI=1S/C18H27NOS/c1-14-8-10-15(11-9-14)5-2-3-12-21-17-7-4-6-16(13-17)18(19)20/h4,6-7,13-15H,2-3,5,8-12H2,1H3,(H2,19,20). The summed E-state index contributed by atoms with van der Waals surface area (Å²) in [6.07, 6.45) is 9.73. The van der Waals surface area contributed by atoms with Gasteiger partial charge in [0.2, 0.25) is 5.91 Å². The molecule has 2 nitrogen and oxygen atoms in total. The van der Waals surface area contributed by atoms with Crippen LogP contribution in [0.3, 0.4) is 0 Å². The number of rotatable bonds is 7. The SMILES string of the molecule is CC1CCC(CCCCSc2cccc(C(N)=O)c2)CC1. The summed E-state index contributed by atoms with van der Waals surface area (Å²) < 4.78 is 0. The molecule has 0 aliphatic heterocycles. The quantitative estimate of drug-likeness (QED) is 0.576. The van der Waals surface area contributed by atoms with Crippen molar-refractivity contribution in [2.45, 2.75) is 56.8 Å². The molecule has 0 heterocycles. The summed E-state index contributed by atoms with van der Waals surface area (Å²) in [7, 11) is 0. The maximum atomic E-state index is 11.1. The summed E-state index contributed by atoms with van der Waals surface area (Å²) in [6.45, 7) is 2.38. The Morgan fingerprint density at radius 1 is 1.24 bits per heavy atom. The Morgan fingerprint density at radius 2 is 2.00 bits per heavy atom. The number of hydrogen-bond donors (Lipinski definition) is 1. The second-order valence-electron chi connectivity index (χ2n) is 6.36. The molecule has 0 spiro atoms. The number of thioether (sulfide) groups is 1. The van der Waals surface area contributed by atoms with Crippen LogP contribution in [0.4, 0.5) is 0 Å². The van der Waals surface area contributed by atoms with Crippen LogP contribution in [0, 0.1) is 11.8 Å². The predicted octanol–water partition coefficient (Wildman–Crippen LogP) is 4.87. The molecule has 21 heavy (non-hydrogen) atoms. The van der Waals surface area contributed by atoms with E-state index in [9.17, 15) is 4.79 Å². The van der Waals surface area contributed by atoms with E-state index in [4.69, 9.17) is 5.73 Å². The van der Waals surface area contributed by atoms with E-state index in [-0.39, 0.29) is 5.91 Å². The molecule has 1 saturated carbocycles. The fourth-order valence-corrected chi connectivity index (χ4v) is 4.05. The van der Waals surface area contributed by atoms with Gasteiger partial charge in [-0.25, -0.2) is 0 Å². The average molecular weight is 305 g/mol. The highest BCUT2D eigenvalue weighted by molar-refractivity contribution is 7.99. The topological polar surface area (TPSA) is 43.1 Å². The maximum absolute atomic E-state index is 11.1. The van der Waals surface area contributed by atoms with E-state index >= 15 is 0 Å². The Bertz CT molecular complexity index is 452. The molecule has 1 fully saturated rings. The zero-order valence-corrected chi connectivity index (χ0v) is 13.8. The summed E-state index contributed by atoms with van der Waals surface area (Å²) in [6, 6.07) is 7.64. The molecular formula is C18H27NOS. The van der Waals surface area contributed by atoms with Crippen LogP contribution >= 0.6 is 11.8 Å². The highest BCUT2D eigenvalue weighted by atomic mass is 32.2. The van der Waals surface area contributed by atoms with Gasteiger partial charge in [-0.05, 0) is 42.2 Å². The van der Waals surface area contributed by atoms with Crippen molar-refractivity contribution in [1.82, 2.24) is 0 Å². The molecule has 0 aromatic heterocycles. The van der Waals surface area contributed by atoms with Crippen molar-refractivity contribution in [2.75, 3.05) is 5.75 Å². The highest BCUT2D eigenvalue weighted by Crippen LogP contribution is 2.31. The first-order chi connectivity index (χ1) is 10.1. The van der Waals surface area contributed by atoms with Crippen LogP contribution in [0.5, 0.6) is 0 Å². The van der Waals surface area contributed by atoms with Crippen LogP contribution in [0.25, 0.3) is 0 Å². The van der Waals surface area contributed by atoms with Gasteiger partial charge in [-0.3, -0.25) is 4.79 Å². The fraction of sp³-hybridized carbons (Fsp3) is 0.611. The van der Waals surface area contributed by atoms with E-state index in [1.165, 1.54) is 44.9 Å². The molecule has 0 radical (unpaired) electrons. The fourth-order valence-electron chi connectivity index (χ4n) is 3.08.